The number of hydrogen-bond donors (Lipinski definition) is 1. The highest BCUT2D eigenvalue weighted by Crippen LogP contribution is 2.41. The molecule has 5 rings (SSSR count). The smallest absolute Gasteiger partial charge is 0.486 e. The van der Waals surface area contributed by atoms with Gasteiger partial charge < -0.3 is 19.1 Å². The summed E-state index contributed by atoms with van der Waals surface area (Å²) in [7, 11) is -4.67. The number of sulfonamides is 1. The monoisotopic (exact) mass is 643 g/mol. The summed E-state index contributed by atoms with van der Waals surface area (Å²) >= 11 is 0. The third kappa shape index (κ3) is 6.56. The maximum atomic E-state index is 13.7. The van der Waals surface area contributed by atoms with E-state index in [1.807, 2.05) is 0 Å². The molecular weight excluding hydrogens is 624 g/mol. The number of aliphatic carboxylic acids is 1. The van der Waals surface area contributed by atoms with Gasteiger partial charge in [0.25, 0.3) is 15.9 Å². The van der Waals surface area contributed by atoms with Gasteiger partial charge >= 0.3 is 18.5 Å². The Labute approximate surface area is 244 Å². The quantitative estimate of drug-likeness (QED) is 0.225. The molecule has 1 N–H and O–H groups in total. The van der Waals surface area contributed by atoms with Gasteiger partial charge in [-0.15, -0.1) is 13.2 Å². The minimum absolute atomic E-state index is 0.0291. The fraction of sp³-hybridized carbons (Fsp3) is 0.222. The van der Waals surface area contributed by atoms with Gasteiger partial charge in [0.1, 0.15) is 17.6 Å². The van der Waals surface area contributed by atoms with Crippen molar-refractivity contribution in [1.29, 1.82) is 0 Å². The van der Waals surface area contributed by atoms with Crippen molar-refractivity contribution in [1.82, 2.24) is 10.1 Å². The standard InChI is InChI=1S/C27H19F6N3O7S/c28-26(29,30)16-4-3-5-18(13-16)44(39,40)36-14-17(9-11-23(37)38)41-22-10-8-15(12-20(22)36)24-34-25(43-35-24)19-6-1-2-7-21(19)42-27(31,32)33/h1-8,10,12-13,17H,9,11,14H2,(H,37,38)/t17-/m0/s1. The molecule has 4 aromatic rings. The number of carboxylic acid groups (broad SMARTS) is 1. The summed E-state index contributed by atoms with van der Waals surface area (Å²) in [5.41, 5.74) is -1.39. The molecule has 2 heterocycles. The molecule has 0 aliphatic carbocycles. The van der Waals surface area contributed by atoms with Crippen molar-refractivity contribution in [3.63, 3.8) is 0 Å². The van der Waals surface area contributed by atoms with E-state index in [0.29, 0.717) is 12.1 Å². The predicted molar refractivity (Wildman–Crippen MR) is 139 cm³/mol. The molecule has 1 atom stereocenters. The van der Waals surface area contributed by atoms with E-state index in [4.69, 9.17) is 14.4 Å². The zero-order chi connectivity index (χ0) is 31.9. The summed E-state index contributed by atoms with van der Waals surface area (Å²) in [5, 5.41) is 12.9. The van der Waals surface area contributed by atoms with Crippen LogP contribution in [0.15, 0.2) is 76.1 Å². The lowest BCUT2D eigenvalue weighted by Crippen LogP contribution is -2.43. The summed E-state index contributed by atoms with van der Waals surface area (Å²) in [4.78, 5) is 14.6. The van der Waals surface area contributed by atoms with Crippen LogP contribution in [0.3, 0.4) is 0 Å². The molecule has 44 heavy (non-hydrogen) atoms. The average molecular weight is 644 g/mol. The number of aromatic nitrogens is 2. The summed E-state index contributed by atoms with van der Waals surface area (Å²) in [6, 6.07) is 12.1. The van der Waals surface area contributed by atoms with Crippen LogP contribution in [0.4, 0.5) is 32.0 Å². The Kier molecular flexibility index (Phi) is 7.92. The van der Waals surface area contributed by atoms with Crippen molar-refractivity contribution in [3.05, 3.63) is 72.3 Å². The molecule has 0 unspecified atom stereocenters. The van der Waals surface area contributed by atoms with Gasteiger partial charge in [-0.2, -0.15) is 18.2 Å². The molecule has 10 nitrogen and oxygen atoms in total. The molecule has 232 valence electrons. The largest absolute Gasteiger partial charge is 0.573 e. The average Bonchev–Trinajstić information content (AvgIpc) is 3.44. The molecule has 1 aromatic heterocycles. The van der Waals surface area contributed by atoms with Gasteiger partial charge in [0.05, 0.1) is 28.3 Å². The first kappa shape index (κ1) is 30.7. The van der Waals surface area contributed by atoms with Crippen molar-refractivity contribution in [3.8, 4) is 34.3 Å². The highest BCUT2D eigenvalue weighted by atomic mass is 32.2. The summed E-state index contributed by atoms with van der Waals surface area (Å²) in [5.74, 6) is -2.33. The maximum absolute atomic E-state index is 13.7. The topological polar surface area (TPSA) is 132 Å². The lowest BCUT2D eigenvalue weighted by molar-refractivity contribution is -0.274. The molecule has 0 fully saturated rings. The third-order valence-electron chi connectivity index (χ3n) is 6.35. The first-order chi connectivity index (χ1) is 20.6. The number of alkyl halides is 6. The van der Waals surface area contributed by atoms with Crippen LogP contribution in [0.5, 0.6) is 11.5 Å². The van der Waals surface area contributed by atoms with Gasteiger partial charge in [0.15, 0.2) is 0 Å². The second kappa shape index (κ2) is 11.4. The summed E-state index contributed by atoms with van der Waals surface area (Å²) in [6.07, 6.45) is -11.3. The van der Waals surface area contributed by atoms with E-state index in [-0.39, 0.29) is 47.1 Å². The molecule has 0 saturated heterocycles. The van der Waals surface area contributed by atoms with Crippen molar-refractivity contribution >= 4 is 21.7 Å². The number of benzene rings is 3. The van der Waals surface area contributed by atoms with E-state index in [0.717, 1.165) is 22.5 Å². The van der Waals surface area contributed by atoms with Crippen LogP contribution in [-0.4, -0.2) is 48.6 Å². The Morgan fingerprint density at radius 2 is 1.77 bits per heavy atom. The Balaban J connectivity index is 1.55. The summed E-state index contributed by atoms with van der Waals surface area (Å²) in [6.45, 7) is -0.442. The van der Waals surface area contributed by atoms with Gasteiger partial charge in [0.2, 0.25) is 5.82 Å². The molecule has 1 aliphatic rings. The molecule has 0 radical (unpaired) electrons. The normalized spacial score (nSPS) is 15.4. The number of anilines is 1. The van der Waals surface area contributed by atoms with E-state index < -0.39 is 57.4 Å². The van der Waals surface area contributed by atoms with Crippen LogP contribution in [0.25, 0.3) is 22.8 Å². The first-order valence-corrected chi connectivity index (χ1v) is 14.0. The highest BCUT2D eigenvalue weighted by molar-refractivity contribution is 7.92. The molecular formula is C27H19F6N3O7S. The molecule has 17 heteroatoms. The van der Waals surface area contributed by atoms with E-state index >= 15 is 0 Å². The van der Waals surface area contributed by atoms with Crippen molar-refractivity contribution in [2.75, 3.05) is 10.8 Å². The van der Waals surface area contributed by atoms with Crippen molar-refractivity contribution in [2.45, 2.75) is 36.4 Å². The number of halogens is 6. The number of rotatable bonds is 8. The molecule has 0 amide bonds. The Morgan fingerprint density at radius 3 is 2.48 bits per heavy atom. The molecule has 1 aliphatic heterocycles. The van der Waals surface area contributed by atoms with Gasteiger partial charge in [-0.3, -0.25) is 9.10 Å². The van der Waals surface area contributed by atoms with Crippen LogP contribution in [0, 0.1) is 0 Å². The third-order valence-corrected chi connectivity index (χ3v) is 8.12. The Morgan fingerprint density at radius 1 is 1.02 bits per heavy atom. The first-order valence-electron chi connectivity index (χ1n) is 12.5. The van der Waals surface area contributed by atoms with Crippen LogP contribution in [-0.2, 0) is 21.0 Å². The Bertz CT molecular complexity index is 1810. The lowest BCUT2D eigenvalue weighted by Gasteiger charge is -2.35. The maximum Gasteiger partial charge on any atom is 0.573 e. The number of nitrogens with zero attached hydrogens (tertiary/aromatic N) is 3. The molecule has 0 spiro atoms. The SMILES string of the molecule is O=C(O)CC[C@H]1CN(S(=O)(=O)c2cccc(C(F)(F)F)c2)c2cc(-c3noc(-c4ccccc4OC(F)(F)F)n3)ccc2O1. The second-order valence-electron chi connectivity index (χ2n) is 9.38. The van der Waals surface area contributed by atoms with Crippen molar-refractivity contribution < 1.29 is 58.7 Å². The number of fused-ring (bicyclic) bond motifs is 1. The zero-order valence-electron chi connectivity index (χ0n) is 22.0. The van der Waals surface area contributed by atoms with Gasteiger partial charge in [-0.05, 0) is 55.0 Å². The molecule has 0 saturated carbocycles. The van der Waals surface area contributed by atoms with Crippen LogP contribution < -0.4 is 13.8 Å². The second-order valence-corrected chi connectivity index (χ2v) is 11.2. The minimum Gasteiger partial charge on any atom is -0.486 e. The number of hydrogen-bond acceptors (Lipinski definition) is 8. The van der Waals surface area contributed by atoms with E-state index in [2.05, 4.69) is 14.9 Å². The Hall–Kier alpha value is -4.80. The lowest BCUT2D eigenvalue weighted by atomic mass is 10.1. The molecule has 0 bridgehead atoms. The fourth-order valence-corrected chi connectivity index (χ4v) is 5.93. The van der Waals surface area contributed by atoms with Gasteiger partial charge in [-0.1, -0.05) is 23.4 Å². The van der Waals surface area contributed by atoms with E-state index in [1.54, 1.807) is 0 Å². The van der Waals surface area contributed by atoms with Gasteiger partial charge in [0, 0.05) is 12.0 Å². The van der Waals surface area contributed by atoms with Crippen molar-refractivity contribution in [2.24, 2.45) is 0 Å². The number of carbonyl (C=O) groups is 1. The highest BCUT2D eigenvalue weighted by Gasteiger charge is 2.38. The predicted octanol–water partition coefficient (Wildman–Crippen LogP) is 6.14. The van der Waals surface area contributed by atoms with Crippen LogP contribution in [0.1, 0.15) is 18.4 Å². The van der Waals surface area contributed by atoms with E-state index in [9.17, 15) is 39.6 Å². The number of para-hydroxylation sites is 1. The number of carboxylic acids is 1. The molecule has 3 aromatic carbocycles. The van der Waals surface area contributed by atoms with Gasteiger partial charge in [-0.25, -0.2) is 8.42 Å². The zero-order valence-corrected chi connectivity index (χ0v) is 22.8. The summed E-state index contributed by atoms with van der Waals surface area (Å²) < 4.78 is 122. The van der Waals surface area contributed by atoms with Crippen LogP contribution in [0.2, 0.25) is 0 Å². The number of ether oxygens (including phenoxy) is 2. The minimum atomic E-state index is -5.01. The van der Waals surface area contributed by atoms with E-state index in [1.165, 1.54) is 36.4 Å². The fourth-order valence-electron chi connectivity index (χ4n) is 4.38. The van der Waals surface area contributed by atoms with Crippen LogP contribution >= 0.6 is 0 Å².